The molecule has 1 aromatic rings. The molecule has 4 amide bonds. The van der Waals surface area contributed by atoms with Crippen LogP contribution in [-0.4, -0.2) is 46.3 Å². The van der Waals surface area contributed by atoms with Gasteiger partial charge in [0.2, 0.25) is 5.91 Å². The fourth-order valence-electron chi connectivity index (χ4n) is 4.38. The Hall–Kier alpha value is -2.44. The minimum atomic E-state index is -0.716. The van der Waals surface area contributed by atoms with Gasteiger partial charge in [-0.05, 0) is 18.9 Å². The summed E-state index contributed by atoms with van der Waals surface area (Å²) in [7, 11) is 0. The summed E-state index contributed by atoms with van der Waals surface area (Å²) >= 11 is 0. The lowest BCUT2D eigenvalue weighted by Crippen LogP contribution is -2.44. The Bertz CT molecular complexity index is 760. The van der Waals surface area contributed by atoms with Gasteiger partial charge in [-0.2, -0.15) is 0 Å². The summed E-state index contributed by atoms with van der Waals surface area (Å²) in [5.74, 6) is -0.664. The highest BCUT2D eigenvalue weighted by Gasteiger charge is 2.53. The van der Waals surface area contributed by atoms with E-state index in [1.165, 1.54) is 11.0 Å². The minimum Gasteiger partial charge on any atom is -0.338 e. The zero-order chi connectivity index (χ0) is 18.3. The molecule has 0 radical (unpaired) electrons. The standard InChI is InChI=1S/C19H22FN3O3/c20-15-6-2-1-5-14(15)12-22-10-13(9-16(22)24)11-23-17(25)19(21-18(23)26)7-3-4-8-19/h1-2,5-6,13H,3-4,7-12H2,(H,21,26). The summed E-state index contributed by atoms with van der Waals surface area (Å²) in [6, 6.07) is 6.05. The number of rotatable bonds is 4. The maximum absolute atomic E-state index is 13.8. The molecular weight excluding hydrogens is 337 g/mol. The van der Waals surface area contributed by atoms with E-state index in [0.717, 1.165) is 12.8 Å². The molecule has 1 unspecified atom stereocenters. The first-order chi connectivity index (χ1) is 12.5. The van der Waals surface area contributed by atoms with Gasteiger partial charge in [-0.15, -0.1) is 0 Å². The summed E-state index contributed by atoms with van der Waals surface area (Å²) in [6.45, 7) is 0.884. The van der Waals surface area contributed by atoms with Crippen molar-refractivity contribution in [1.82, 2.24) is 15.1 Å². The molecular formula is C19H22FN3O3. The van der Waals surface area contributed by atoms with Gasteiger partial charge in [-0.25, -0.2) is 9.18 Å². The zero-order valence-electron chi connectivity index (χ0n) is 14.5. The van der Waals surface area contributed by atoms with Gasteiger partial charge < -0.3 is 10.2 Å². The molecule has 138 valence electrons. The molecule has 1 atom stereocenters. The number of benzene rings is 1. The highest BCUT2D eigenvalue weighted by Crippen LogP contribution is 2.36. The third-order valence-corrected chi connectivity index (χ3v) is 5.76. The number of hydrogen-bond donors (Lipinski definition) is 1. The van der Waals surface area contributed by atoms with Gasteiger partial charge in [-0.3, -0.25) is 14.5 Å². The maximum atomic E-state index is 13.8. The van der Waals surface area contributed by atoms with Crippen molar-refractivity contribution in [2.75, 3.05) is 13.1 Å². The quantitative estimate of drug-likeness (QED) is 0.837. The summed E-state index contributed by atoms with van der Waals surface area (Å²) in [6.07, 6.45) is 3.54. The minimum absolute atomic E-state index is 0.0686. The van der Waals surface area contributed by atoms with Crippen molar-refractivity contribution >= 4 is 17.8 Å². The lowest BCUT2D eigenvalue weighted by Gasteiger charge is -2.22. The van der Waals surface area contributed by atoms with Crippen LogP contribution in [0, 0.1) is 11.7 Å². The molecule has 0 aromatic heterocycles. The normalized spacial score (nSPS) is 24.8. The molecule has 2 saturated heterocycles. The number of imide groups is 1. The van der Waals surface area contributed by atoms with Crippen LogP contribution in [0.15, 0.2) is 24.3 Å². The molecule has 2 heterocycles. The van der Waals surface area contributed by atoms with Crippen molar-refractivity contribution in [3.63, 3.8) is 0 Å². The number of nitrogens with one attached hydrogen (secondary N) is 1. The van der Waals surface area contributed by atoms with Gasteiger partial charge in [0.25, 0.3) is 5.91 Å². The van der Waals surface area contributed by atoms with Crippen molar-refractivity contribution in [2.24, 2.45) is 5.92 Å². The molecule has 1 saturated carbocycles. The highest BCUT2D eigenvalue weighted by molar-refractivity contribution is 6.07. The Balaban J connectivity index is 1.41. The molecule has 6 nitrogen and oxygen atoms in total. The van der Waals surface area contributed by atoms with Crippen LogP contribution in [-0.2, 0) is 16.1 Å². The van der Waals surface area contributed by atoms with Crippen LogP contribution >= 0.6 is 0 Å². The van der Waals surface area contributed by atoms with Gasteiger partial charge in [-0.1, -0.05) is 31.0 Å². The smallest absolute Gasteiger partial charge is 0.325 e. The van der Waals surface area contributed by atoms with Crippen LogP contribution < -0.4 is 5.32 Å². The first kappa shape index (κ1) is 17.0. The fourth-order valence-corrected chi connectivity index (χ4v) is 4.38. The fraction of sp³-hybridized carbons (Fsp3) is 0.526. The van der Waals surface area contributed by atoms with E-state index in [1.807, 2.05) is 0 Å². The monoisotopic (exact) mass is 359 g/mol. The highest BCUT2D eigenvalue weighted by atomic mass is 19.1. The van der Waals surface area contributed by atoms with E-state index in [4.69, 9.17) is 0 Å². The number of urea groups is 1. The Labute approximate surface area is 151 Å². The number of amides is 4. The zero-order valence-corrected chi connectivity index (χ0v) is 14.5. The molecule has 3 aliphatic rings. The Morgan fingerprint density at radius 3 is 2.62 bits per heavy atom. The molecule has 3 fully saturated rings. The number of likely N-dealkylation sites (tertiary alicyclic amines) is 1. The maximum Gasteiger partial charge on any atom is 0.325 e. The predicted molar refractivity (Wildman–Crippen MR) is 91.4 cm³/mol. The van der Waals surface area contributed by atoms with Crippen molar-refractivity contribution in [2.45, 2.75) is 44.2 Å². The van der Waals surface area contributed by atoms with E-state index < -0.39 is 5.54 Å². The summed E-state index contributed by atoms with van der Waals surface area (Å²) in [4.78, 5) is 40.2. The van der Waals surface area contributed by atoms with E-state index in [0.29, 0.717) is 24.9 Å². The van der Waals surface area contributed by atoms with Gasteiger partial charge >= 0.3 is 6.03 Å². The van der Waals surface area contributed by atoms with E-state index in [-0.39, 0.29) is 49.1 Å². The topological polar surface area (TPSA) is 69.7 Å². The second kappa shape index (κ2) is 6.37. The third-order valence-electron chi connectivity index (χ3n) is 5.76. The number of carbonyl (C=O) groups is 3. The average molecular weight is 359 g/mol. The number of halogens is 1. The number of nitrogens with zero attached hydrogens (tertiary/aromatic N) is 2. The predicted octanol–water partition coefficient (Wildman–Crippen LogP) is 2.04. The van der Waals surface area contributed by atoms with E-state index in [9.17, 15) is 18.8 Å². The SMILES string of the molecule is O=C1CC(CN2C(=O)NC3(CCCC3)C2=O)CN1Cc1ccccc1F. The second-order valence-electron chi connectivity index (χ2n) is 7.57. The van der Waals surface area contributed by atoms with E-state index in [1.54, 1.807) is 23.1 Å². The van der Waals surface area contributed by atoms with Crippen molar-refractivity contribution in [3.8, 4) is 0 Å². The van der Waals surface area contributed by atoms with Crippen LogP contribution in [0.1, 0.15) is 37.7 Å². The van der Waals surface area contributed by atoms with Crippen molar-refractivity contribution in [3.05, 3.63) is 35.6 Å². The molecule has 1 N–H and O–H groups in total. The largest absolute Gasteiger partial charge is 0.338 e. The van der Waals surface area contributed by atoms with Gasteiger partial charge in [0, 0.05) is 37.5 Å². The molecule has 1 spiro atoms. The lowest BCUT2D eigenvalue weighted by atomic mass is 9.97. The average Bonchev–Trinajstić information content (AvgIpc) is 3.27. The molecule has 2 aliphatic heterocycles. The van der Waals surface area contributed by atoms with Crippen LogP contribution in [0.2, 0.25) is 0 Å². The number of hydrogen-bond acceptors (Lipinski definition) is 3. The molecule has 7 heteroatoms. The van der Waals surface area contributed by atoms with Crippen LogP contribution in [0.4, 0.5) is 9.18 Å². The Kier molecular flexibility index (Phi) is 4.17. The Morgan fingerprint density at radius 1 is 1.15 bits per heavy atom. The third kappa shape index (κ3) is 2.85. The van der Waals surface area contributed by atoms with Crippen LogP contribution in [0.5, 0.6) is 0 Å². The molecule has 1 aromatic carbocycles. The van der Waals surface area contributed by atoms with Crippen molar-refractivity contribution in [1.29, 1.82) is 0 Å². The molecule has 0 bridgehead atoms. The van der Waals surface area contributed by atoms with Crippen LogP contribution in [0.3, 0.4) is 0 Å². The van der Waals surface area contributed by atoms with Crippen molar-refractivity contribution < 1.29 is 18.8 Å². The second-order valence-corrected chi connectivity index (χ2v) is 7.57. The first-order valence-electron chi connectivity index (χ1n) is 9.14. The van der Waals surface area contributed by atoms with E-state index >= 15 is 0 Å². The molecule has 26 heavy (non-hydrogen) atoms. The molecule has 1 aliphatic carbocycles. The summed E-state index contributed by atoms with van der Waals surface area (Å²) in [5, 5.41) is 2.86. The van der Waals surface area contributed by atoms with Crippen LogP contribution in [0.25, 0.3) is 0 Å². The summed E-state index contributed by atoms with van der Waals surface area (Å²) < 4.78 is 13.8. The van der Waals surface area contributed by atoms with Gasteiger partial charge in [0.15, 0.2) is 0 Å². The molecule has 4 rings (SSSR count). The lowest BCUT2D eigenvalue weighted by molar-refractivity contribution is -0.132. The van der Waals surface area contributed by atoms with Gasteiger partial charge in [0.05, 0.1) is 0 Å². The Morgan fingerprint density at radius 2 is 1.88 bits per heavy atom. The van der Waals surface area contributed by atoms with E-state index in [2.05, 4.69) is 5.32 Å². The van der Waals surface area contributed by atoms with Gasteiger partial charge in [0.1, 0.15) is 11.4 Å². The number of carbonyl (C=O) groups excluding carboxylic acids is 3. The summed E-state index contributed by atoms with van der Waals surface area (Å²) in [5.41, 5.74) is -0.242. The first-order valence-corrected chi connectivity index (χ1v) is 9.14.